The molecular weight excluding hydrogens is 373 g/mol. The molecule has 0 aliphatic rings. The van der Waals surface area contributed by atoms with E-state index in [1.165, 1.54) is 35.0 Å². The molecular formula is C19H15F3N4O2. The zero-order chi connectivity index (χ0) is 20.1. The molecule has 0 radical (unpaired) electrons. The SMILES string of the molecule is O=C(Nc1ccn(-c2ccccc2)n1)C(=O)N[C@H](c1ccccc1)C(F)(F)F. The molecule has 3 rings (SSSR count). The van der Waals surface area contributed by atoms with Crippen molar-refractivity contribution in [2.45, 2.75) is 12.2 Å². The van der Waals surface area contributed by atoms with Gasteiger partial charge in [-0.1, -0.05) is 48.5 Å². The summed E-state index contributed by atoms with van der Waals surface area (Å²) in [5.41, 5.74) is 0.540. The molecule has 0 unspecified atom stereocenters. The monoisotopic (exact) mass is 388 g/mol. The molecule has 2 N–H and O–H groups in total. The number of carbonyl (C=O) groups is 2. The topological polar surface area (TPSA) is 76.0 Å². The summed E-state index contributed by atoms with van der Waals surface area (Å²) >= 11 is 0. The number of benzene rings is 2. The van der Waals surface area contributed by atoms with Gasteiger partial charge in [-0.25, -0.2) is 4.68 Å². The molecule has 2 aromatic carbocycles. The lowest BCUT2D eigenvalue weighted by molar-refractivity contribution is -0.164. The number of nitrogens with one attached hydrogen (secondary N) is 2. The van der Waals surface area contributed by atoms with Crippen LogP contribution in [0, 0.1) is 0 Å². The molecule has 1 atom stereocenters. The predicted molar refractivity (Wildman–Crippen MR) is 95.6 cm³/mol. The van der Waals surface area contributed by atoms with Crippen molar-refractivity contribution in [2.24, 2.45) is 0 Å². The van der Waals surface area contributed by atoms with Crippen molar-refractivity contribution in [2.75, 3.05) is 5.32 Å². The molecule has 0 bridgehead atoms. The van der Waals surface area contributed by atoms with Crippen molar-refractivity contribution in [3.63, 3.8) is 0 Å². The lowest BCUT2D eigenvalue weighted by Crippen LogP contribution is -2.43. The van der Waals surface area contributed by atoms with E-state index >= 15 is 0 Å². The largest absolute Gasteiger partial charge is 0.412 e. The highest BCUT2D eigenvalue weighted by atomic mass is 19.4. The maximum absolute atomic E-state index is 13.3. The van der Waals surface area contributed by atoms with Gasteiger partial charge in [-0.2, -0.15) is 18.3 Å². The fourth-order valence-corrected chi connectivity index (χ4v) is 2.48. The Morgan fingerprint density at radius 3 is 2.11 bits per heavy atom. The Bertz CT molecular complexity index is 956. The van der Waals surface area contributed by atoms with Crippen LogP contribution >= 0.6 is 0 Å². The summed E-state index contributed by atoms with van der Waals surface area (Å²) in [7, 11) is 0. The van der Waals surface area contributed by atoms with E-state index in [2.05, 4.69) is 10.4 Å². The first-order valence-electron chi connectivity index (χ1n) is 8.19. The second kappa shape index (κ2) is 7.95. The molecule has 9 heteroatoms. The number of anilines is 1. The van der Waals surface area contributed by atoms with Gasteiger partial charge in [0.1, 0.15) is 0 Å². The Morgan fingerprint density at radius 2 is 1.50 bits per heavy atom. The number of alkyl halides is 3. The summed E-state index contributed by atoms with van der Waals surface area (Å²) in [5.74, 6) is -2.63. The van der Waals surface area contributed by atoms with Crippen molar-refractivity contribution >= 4 is 17.6 Å². The molecule has 0 spiro atoms. The summed E-state index contributed by atoms with van der Waals surface area (Å²) in [6, 6.07) is 14.9. The smallest absolute Gasteiger partial charge is 0.332 e. The van der Waals surface area contributed by atoms with Crippen LogP contribution in [-0.4, -0.2) is 27.8 Å². The summed E-state index contributed by atoms with van der Waals surface area (Å²) in [6.07, 6.45) is -3.21. The average Bonchev–Trinajstić information content (AvgIpc) is 3.15. The first kappa shape index (κ1) is 19.2. The highest BCUT2D eigenvalue weighted by Crippen LogP contribution is 2.32. The van der Waals surface area contributed by atoms with Gasteiger partial charge in [0.15, 0.2) is 11.9 Å². The molecule has 28 heavy (non-hydrogen) atoms. The van der Waals surface area contributed by atoms with Crippen LogP contribution in [0.25, 0.3) is 5.69 Å². The summed E-state index contributed by atoms with van der Waals surface area (Å²) < 4.78 is 41.3. The fraction of sp³-hybridized carbons (Fsp3) is 0.105. The molecule has 0 fully saturated rings. The van der Waals surface area contributed by atoms with Crippen molar-refractivity contribution in [3.05, 3.63) is 78.5 Å². The summed E-state index contributed by atoms with van der Waals surface area (Å²) in [5, 5.41) is 7.98. The number of para-hydroxylation sites is 1. The number of hydrogen-bond acceptors (Lipinski definition) is 3. The first-order valence-corrected chi connectivity index (χ1v) is 8.19. The zero-order valence-corrected chi connectivity index (χ0v) is 14.4. The summed E-state index contributed by atoms with van der Waals surface area (Å²) in [6.45, 7) is 0. The number of amides is 2. The van der Waals surface area contributed by atoms with E-state index in [1.54, 1.807) is 41.8 Å². The third-order valence-electron chi connectivity index (χ3n) is 3.79. The Hall–Kier alpha value is -3.62. The van der Waals surface area contributed by atoms with E-state index in [9.17, 15) is 22.8 Å². The first-order chi connectivity index (χ1) is 13.3. The maximum Gasteiger partial charge on any atom is 0.412 e. The van der Waals surface area contributed by atoms with Crippen LogP contribution in [0.5, 0.6) is 0 Å². The lowest BCUT2D eigenvalue weighted by atomic mass is 10.1. The van der Waals surface area contributed by atoms with Gasteiger partial charge in [-0.3, -0.25) is 9.59 Å². The number of halogens is 3. The highest BCUT2D eigenvalue weighted by Gasteiger charge is 2.42. The number of hydrogen-bond donors (Lipinski definition) is 2. The molecule has 1 aromatic heterocycles. The maximum atomic E-state index is 13.3. The minimum atomic E-state index is -4.76. The molecule has 6 nitrogen and oxygen atoms in total. The van der Waals surface area contributed by atoms with Crippen molar-refractivity contribution in [1.82, 2.24) is 15.1 Å². The van der Waals surface area contributed by atoms with Crippen molar-refractivity contribution in [1.29, 1.82) is 0 Å². The van der Waals surface area contributed by atoms with Crippen LogP contribution in [0.4, 0.5) is 19.0 Å². The van der Waals surface area contributed by atoms with E-state index in [0.717, 1.165) is 0 Å². The lowest BCUT2D eigenvalue weighted by Gasteiger charge is -2.21. The van der Waals surface area contributed by atoms with E-state index in [0.29, 0.717) is 5.69 Å². The van der Waals surface area contributed by atoms with Crippen molar-refractivity contribution < 1.29 is 22.8 Å². The summed E-state index contributed by atoms with van der Waals surface area (Å²) in [4.78, 5) is 24.0. The molecule has 0 aliphatic heterocycles. The van der Waals surface area contributed by atoms with Gasteiger partial charge >= 0.3 is 18.0 Å². The van der Waals surface area contributed by atoms with Gasteiger partial charge in [0.05, 0.1) is 5.69 Å². The quantitative estimate of drug-likeness (QED) is 0.674. The average molecular weight is 388 g/mol. The van der Waals surface area contributed by atoms with Crippen LogP contribution < -0.4 is 10.6 Å². The molecule has 144 valence electrons. The number of nitrogens with zero attached hydrogens (tertiary/aromatic N) is 2. The second-order valence-corrected chi connectivity index (χ2v) is 5.79. The highest BCUT2D eigenvalue weighted by molar-refractivity contribution is 6.39. The van der Waals surface area contributed by atoms with Gasteiger partial charge in [0, 0.05) is 12.3 Å². The molecule has 0 saturated carbocycles. The molecule has 0 saturated heterocycles. The number of carbonyl (C=O) groups excluding carboxylic acids is 2. The van der Waals surface area contributed by atoms with Gasteiger partial charge < -0.3 is 10.6 Å². The van der Waals surface area contributed by atoms with Crippen LogP contribution in [0.2, 0.25) is 0 Å². The van der Waals surface area contributed by atoms with Gasteiger partial charge in [-0.05, 0) is 17.7 Å². The van der Waals surface area contributed by atoms with E-state index in [-0.39, 0.29) is 11.4 Å². The Balaban J connectivity index is 1.69. The Labute approximate surface area is 158 Å². The van der Waals surface area contributed by atoms with E-state index < -0.39 is 24.0 Å². The van der Waals surface area contributed by atoms with Gasteiger partial charge in [0.2, 0.25) is 0 Å². The number of rotatable bonds is 4. The van der Waals surface area contributed by atoms with Gasteiger partial charge in [-0.15, -0.1) is 0 Å². The van der Waals surface area contributed by atoms with Crippen molar-refractivity contribution in [3.8, 4) is 5.69 Å². The van der Waals surface area contributed by atoms with E-state index in [1.807, 2.05) is 6.07 Å². The Morgan fingerprint density at radius 1 is 0.893 bits per heavy atom. The molecule has 1 heterocycles. The minimum Gasteiger partial charge on any atom is -0.332 e. The molecule has 0 aliphatic carbocycles. The third kappa shape index (κ3) is 4.56. The van der Waals surface area contributed by atoms with Crippen LogP contribution in [-0.2, 0) is 9.59 Å². The molecule has 3 aromatic rings. The van der Waals surface area contributed by atoms with E-state index in [4.69, 9.17) is 0 Å². The second-order valence-electron chi connectivity index (χ2n) is 5.79. The normalized spacial score (nSPS) is 12.2. The number of aromatic nitrogens is 2. The predicted octanol–water partition coefficient (Wildman–Crippen LogP) is 3.23. The van der Waals surface area contributed by atoms with Gasteiger partial charge in [0.25, 0.3) is 0 Å². The third-order valence-corrected chi connectivity index (χ3v) is 3.79. The molecule has 2 amide bonds. The fourth-order valence-electron chi connectivity index (χ4n) is 2.48. The Kier molecular flexibility index (Phi) is 5.44. The van der Waals surface area contributed by atoms with Crippen LogP contribution in [0.15, 0.2) is 72.9 Å². The minimum absolute atomic E-state index is 0.0345. The van der Waals surface area contributed by atoms with Crippen LogP contribution in [0.1, 0.15) is 11.6 Å². The van der Waals surface area contributed by atoms with Crippen LogP contribution in [0.3, 0.4) is 0 Å². The standard InChI is InChI=1S/C19H15F3N4O2/c20-19(21,22)16(13-7-3-1-4-8-13)24-18(28)17(27)23-15-11-12-26(25-15)14-9-5-2-6-10-14/h1-12,16H,(H,24,28)(H,23,25,27)/t16-/m1/s1. The zero-order valence-electron chi connectivity index (χ0n) is 14.4.